The van der Waals surface area contributed by atoms with Crippen LogP contribution in [0.4, 0.5) is 0 Å². The van der Waals surface area contributed by atoms with Gasteiger partial charge in [0, 0.05) is 0 Å². The second-order valence-electron chi connectivity index (χ2n) is 4.66. The largest absolute Gasteiger partial charge is 3.00 e. The van der Waals surface area contributed by atoms with Crippen LogP contribution in [0.1, 0.15) is 33.1 Å². The Labute approximate surface area is 135 Å². The molecule has 3 aliphatic rings. The third kappa shape index (κ3) is 2.44. The molecule has 0 saturated carbocycles. The van der Waals surface area contributed by atoms with Crippen LogP contribution in [0, 0.1) is 11.5 Å². The maximum Gasteiger partial charge on any atom is 3.00 e. The zero-order valence-electron chi connectivity index (χ0n) is 10.1. The summed E-state index contributed by atoms with van der Waals surface area (Å²) in [4.78, 5) is 0. The molecule has 0 aromatic heterocycles. The second-order valence-corrected chi connectivity index (χ2v) is 4.66. The van der Waals surface area contributed by atoms with Crippen molar-refractivity contribution in [3.8, 4) is 0 Å². The van der Waals surface area contributed by atoms with Crippen molar-refractivity contribution in [3.63, 3.8) is 0 Å². The number of fused-ring (bicyclic) bond motifs is 1. The molecular formula is C14H15Cl2Zr. The first-order valence-corrected chi connectivity index (χ1v) is 5.42. The minimum Gasteiger partial charge on any atom is -1.00 e. The summed E-state index contributed by atoms with van der Waals surface area (Å²) in [5, 5.41) is 0. The summed E-state index contributed by atoms with van der Waals surface area (Å²) < 4.78 is 0. The molecule has 1 atom stereocenters. The Balaban J connectivity index is 0.000000853. The Hall–Kier alpha value is 0.423. The first kappa shape index (κ1) is 17.4. The average molecular weight is 345 g/mol. The van der Waals surface area contributed by atoms with E-state index in [1.54, 1.807) is 5.57 Å². The minimum absolute atomic E-state index is 0. The van der Waals surface area contributed by atoms with E-state index in [2.05, 4.69) is 38.2 Å². The Morgan fingerprint density at radius 2 is 1.94 bits per heavy atom. The topological polar surface area (TPSA) is 0 Å². The fourth-order valence-corrected chi connectivity index (χ4v) is 3.06. The van der Waals surface area contributed by atoms with Crippen molar-refractivity contribution in [2.24, 2.45) is 5.41 Å². The van der Waals surface area contributed by atoms with Crippen LogP contribution < -0.4 is 24.8 Å². The van der Waals surface area contributed by atoms with Gasteiger partial charge >= 0.3 is 26.2 Å². The van der Waals surface area contributed by atoms with Gasteiger partial charge in [0.05, 0.1) is 0 Å². The van der Waals surface area contributed by atoms with Crippen LogP contribution in [0.5, 0.6) is 0 Å². The third-order valence-corrected chi connectivity index (χ3v) is 3.95. The molecule has 0 aromatic carbocycles. The van der Waals surface area contributed by atoms with Crippen molar-refractivity contribution in [3.05, 3.63) is 46.6 Å². The van der Waals surface area contributed by atoms with Crippen LogP contribution in [0.25, 0.3) is 0 Å². The van der Waals surface area contributed by atoms with Gasteiger partial charge < -0.3 is 24.8 Å². The van der Waals surface area contributed by atoms with Gasteiger partial charge in [0.1, 0.15) is 0 Å². The van der Waals surface area contributed by atoms with E-state index in [9.17, 15) is 0 Å². The van der Waals surface area contributed by atoms with Crippen molar-refractivity contribution >= 4 is 0 Å². The van der Waals surface area contributed by atoms with Gasteiger partial charge in [0.2, 0.25) is 0 Å². The van der Waals surface area contributed by atoms with E-state index in [4.69, 9.17) is 0 Å². The maximum atomic E-state index is 3.69. The molecule has 0 heterocycles. The Bertz CT molecular complexity index is 430. The molecule has 0 aromatic rings. The van der Waals surface area contributed by atoms with Crippen molar-refractivity contribution in [1.82, 2.24) is 0 Å². The molecule has 0 saturated heterocycles. The summed E-state index contributed by atoms with van der Waals surface area (Å²) in [6, 6.07) is 0. The standard InChI is InChI=1S/C14H15.2ClH.Zr/c1-10-11-7-8-13(10)14(2,9-11)12-5-3-4-6-12;;;/h3-5H,6-8H2,1-2H3;2*1H;/q-1;;;+3/p-2. The third-order valence-electron chi connectivity index (χ3n) is 3.95. The number of halogens is 2. The summed E-state index contributed by atoms with van der Waals surface area (Å²) in [5.74, 6) is 0. The van der Waals surface area contributed by atoms with Crippen LogP contribution >= 0.6 is 0 Å². The van der Waals surface area contributed by atoms with Gasteiger partial charge in [-0.05, 0) is 12.8 Å². The molecular weight excluding hydrogens is 330 g/mol. The van der Waals surface area contributed by atoms with Crippen LogP contribution in [0.3, 0.4) is 0 Å². The molecule has 0 fully saturated rings. The molecule has 2 bridgehead atoms. The number of allylic oxidation sites excluding steroid dienone is 8. The monoisotopic (exact) mass is 343 g/mol. The first-order valence-electron chi connectivity index (χ1n) is 5.42. The van der Waals surface area contributed by atoms with E-state index in [0.29, 0.717) is 0 Å². The predicted octanol–water partition coefficient (Wildman–Crippen LogP) is -2.26. The van der Waals surface area contributed by atoms with Crippen LogP contribution in [0.2, 0.25) is 0 Å². The van der Waals surface area contributed by atoms with Gasteiger partial charge in [-0.3, -0.25) is 6.08 Å². The van der Waals surface area contributed by atoms with Gasteiger partial charge in [0.25, 0.3) is 0 Å². The SMILES string of the molecule is CC1=C2CCC1=[C-]C2(C)C1=CC=CC1.[Cl-].[Cl-].[Zr+3]. The molecule has 0 aliphatic heterocycles. The van der Waals surface area contributed by atoms with E-state index in [0.717, 1.165) is 6.42 Å². The fraction of sp³-hybridized carbons (Fsp3) is 0.429. The van der Waals surface area contributed by atoms with Gasteiger partial charge in [-0.2, -0.15) is 11.1 Å². The molecule has 0 nitrogen and oxygen atoms in total. The smallest absolute Gasteiger partial charge is 1.00 e. The molecule has 1 unspecified atom stereocenters. The van der Waals surface area contributed by atoms with E-state index in [-0.39, 0.29) is 56.4 Å². The van der Waals surface area contributed by atoms with E-state index < -0.39 is 0 Å². The molecule has 3 aliphatic carbocycles. The summed E-state index contributed by atoms with van der Waals surface area (Å²) >= 11 is 0. The summed E-state index contributed by atoms with van der Waals surface area (Å²) in [7, 11) is 0. The second kappa shape index (κ2) is 6.04. The Morgan fingerprint density at radius 1 is 1.24 bits per heavy atom. The fourth-order valence-electron chi connectivity index (χ4n) is 3.06. The normalized spacial score (nSPS) is 28.1. The molecule has 0 spiro atoms. The molecule has 0 N–H and O–H groups in total. The van der Waals surface area contributed by atoms with E-state index in [1.165, 1.54) is 29.6 Å². The number of hydrogen-bond acceptors (Lipinski definition) is 0. The quantitative estimate of drug-likeness (QED) is 0.471. The Morgan fingerprint density at radius 3 is 2.35 bits per heavy atom. The van der Waals surface area contributed by atoms with Crippen LogP contribution in [0.15, 0.2) is 40.5 Å². The van der Waals surface area contributed by atoms with E-state index >= 15 is 0 Å². The van der Waals surface area contributed by atoms with Crippen molar-refractivity contribution < 1.29 is 51.0 Å². The van der Waals surface area contributed by atoms with Gasteiger partial charge in [-0.1, -0.05) is 42.6 Å². The molecule has 1 radical (unpaired) electrons. The Kier molecular flexibility index (Phi) is 6.19. The minimum atomic E-state index is 0. The molecule has 3 rings (SSSR count). The van der Waals surface area contributed by atoms with Gasteiger partial charge in [-0.25, -0.2) is 5.57 Å². The van der Waals surface area contributed by atoms with Gasteiger partial charge in [-0.15, -0.1) is 6.92 Å². The molecule has 3 heteroatoms. The summed E-state index contributed by atoms with van der Waals surface area (Å²) in [6.07, 6.45) is 14.0. The number of rotatable bonds is 1. The van der Waals surface area contributed by atoms with Gasteiger partial charge in [0.15, 0.2) is 0 Å². The average Bonchev–Trinajstić information content (AvgIpc) is 2.82. The van der Waals surface area contributed by atoms with Crippen LogP contribution in [-0.2, 0) is 26.2 Å². The molecule has 17 heavy (non-hydrogen) atoms. The summed E-state index contributed by atoms with van der Waals surface area (Å²) in [5.41, 5.74) is 6.32. The van der Waals surface area contributed by atoms with E-state index in [1.807, 2.05) is 0 Å². The van der Waals surface area contributed by atoms with Crippen LogP contribution in [-0.4, -0.2) is 0 Å². The molecule has 0 amide bonds. The number of hydrogen-bond donors (Lipinski definition) is 0. The first-order chi connectivity index (χ1) is 6.72. The predicted molar refractivity (Wildman–Crippen MR) is 58.6 cm³/mol. The zero-order chi connectivity index (χ0) is 9.76. The van der Waals surface area contributed by atoms with Crippen molar-refractivity contribution in [2.75, 3.05) is 0 Å². The molecule has 89 valence electrons. The van der Waals surface area contributed by atoms with Crippen molar-refractivity contribution in [1.29, 1.82) is 0 Å². The summed E-state index contributed by atoms with van der Waals surface area (Å²) in [6.45, 7) is 4.59. The zero-order valence-corrected chi connectivity index (χ0v) is 14.1. The maximum absolute atomic E-state index is 3.69. The van der Waals surface area contributed by atoms with Crippen molar-refractivity contribution in [2.45, 2.75) is 33.1 Å².